The van der Waals surface area contributed by atoms with Gasteiger partial charge < -0.3 is 0 Å². The summed E-state index contributed by atoms with van der Waals surface area (Å²) in [6.07, 6.45) is 0.342. The molecule has 1 aliphatic heterocycles. The monoisotopic (exact) mass is 321 g/mol. The minimum Gasteiger partial charge on any atom is -0.296 e. The van der Waals surface area contributed by atoms with Crippen LogP contribution in [0.25, 0.3) is 0 Å². The maximum Gasteiger partial charge on any atom is 0.159 e. The lowest BCUT2D eigenvalue weighted by atomic mass is 10.1. The van der Waals surface area contributed by atoms with Gasteiger partial charge in [-0.1, -0.05) is 35.9 Å². The molecule has 1 atom stereocenters. The molecular formula is C16H14ClF2N3. The van der Waals surface area contributed by atoms with Crippen LogP contribution in [0.4, 0.5) is 8.78 Å². The number of amidine groups is 1. The van der Waals surface area contributed by atoms with Gasteiger partial charge in [-0.25, -0.2) is 14.6 Å². The van der Waals surface area contributed by atoms with E-state index in [0.29, 0.717) is 29.4 Å². The molecule has 3 nitrogen and oxygen atoms in total. The van der Waals surface area contributed by atoms with E-state index in [0.717, 1.165) is 17.7 Å². The fourth-order valence-electron chi connectivity index (χ4n) is 2.48. The van der Waals surface area contributed by atoms with E-state index in [1.54, 1.807) is 6.07 Å². The highest BCUT2D eigenvalue weighted by atomic mass is 35.5. The number of hydrazine groups is 1. The van der Waals surface area contributed by atoms with E-state index in [2.05, 4.69) is 4.99 Å². The van der Waals surface area contributed by atoms with Gasteiger partial charge in [-0.05, 0) is 29.3 Å². The van der Waals surface area contributed by atoms with Crippen molar-refractivity contribution in [2.45, 2.75) is 12.5 Å². The second-order valence-corrected chi connectivity index (χ2v) is 5.57. The first-order chi connectivity index (χ1) is 10.5. The van der Waals surface area contributed by atoms with Crippen molar-refractivity contribution >= 4 is 17.4 Å². The summed E-state index contributed by atoms with van der Waals surface area (Å²) in [6, 6.07) is 11.1. The van der Waals surface area contributed by atoms with E-state index in [9.17, 15) is 8.78 Å². The fourth-order valence-corrected chi connectivity index (χ4v) is 2.74. The Morgan fingerprint density at radius 3 is 2.68 bits per heavy atom. The smallest absolute Gasteiger partial charge is 0.159 e. The number of hydrogen-bond donors (Lipinski definition) is 1. The van der Waals surface area contributed by atoms with Gasteiger partial charge in [0.1, 0.15) is 5.84 Å². The van der Waals surface area contributed by atoms with Gasteiger partial charge in [-0.15, -0.1) is 0 Å². The Kier molecular flexibility index (Phi) is 4.09. The van der Waals surface area contributed by atoms with Crippen LogP contribution >= 0.6 is 11.6 Å². The van der Waals surface area contributed by atoms with Crippen molar-refractivity contribution in [1.82, 2.24) is 5.01 Å². The van der Waals surface area contributed by atoms with Crippen LogP contribution in [0, 0.1) is 11.6 Å². The van der Waals surface area contributed by atoms with Crippen LogP contribution in [0.15, 0.2) is 47.5 Å². The molecule has 0 bridgehead atoms. The minimum atomic E-state index is -0.873. The first kappa shape index (κ1) is 14.9. The molecule has 0 spiro atoms. The number of aliphatic imine (C=N–C) groups is 1. The van der Waals surface area contributed by atoms with Crippen molar-refractivity contribution in [2.24, 2.45) is 10.8 Å². The molecular weight excluding hydrogens is 308 g/mol. The van der Waals surface area contributed by atoms with Crippen LogP contribution in [0.5, 0.6) is 0 Å². The van der Waals surface area contributed by atoms with Crippen LogP contribution in [-0.4, -0.2) is 17.4 Å². The largest absolute Gasteiger partial charge is 0.296 e. The van der Waals surface area contributed by atoms with Crippen molar-refractivity contribution in [1.29, 1.82) is 0 Å². The zero-order valence-electron chi connectivity index (χ0n) is 11.6. The predicted octanol–water partition coefficient (Wildman–Crippen LogP) is 3.49. The van der Waals surface area contributed by atoms with E-state index in [-0.39, 0.29) is 6.04 Å². The van der Waals surface area contributed by atoms with Crippen molar-refractivity contribution in [3.05, 3.63) is 70.2 Å². The lowest BCUT2D eigenvalue weighted by molar-refractivity contribution is 0.442. The third-order valence-electron chi connectivity index (χ3n) is 3.62. The third-order valence-corrected chi connectivity index (χ3v) is 3.96. The van der Waals surface area contributed by atoms with Gasteiger partial charge in [0, 0.05) is 11.4 Å². The molecule has 1 unspecified atom stereocenters. The number of halogens is 3. The van der Waals surface area contributed by atoms with Gasteiger partial charge in [-0.2, -0.15) is 0 Å². The Morgan fingerprint density at radius 1 is 1.18 bits per heavy atom. The van der Waals surface area contributed by atoms with Crippen LogP contribution in [-0.2, 0) is 6.42 Å². The van der Waals surface area contributed by atoms with Gasteiger partial charge >= 0.3 is 0 Å². The van der Waals surface area contributed by atoms with E-state index < -0.39 is 11.6 Å². The number of nitrogens with two attached hydrogens (primary N) is 1. The van der Waals surface area contributed by atoms with Crippen LogP contribution in [0.3, 0.4) is 0 Å². The zero-order chi connectivity index (χ0) is 15.7. The van der Waals surface area contributed by atoms with Crippen LogP contribution < -0.4 is 5.84 Å². The lowest BCUT2D eigenvalue weighted by Crippen LogP contribution is -2.35. The molecule has 0 fully saturated rings. The quantitative estimate of drug-likeness (QED) is 0.879. The normalized spacial score (nSPS) is 17.7. The van der Waals surface area contributed by atoms with Gasteiger partial charge in [0.05, 0.1) is 12.6 Å². The molecule has 0 saturated carbocycles. The van der Waals surface area contributed by atoms with Crippen molar-refractivity contribution in [3.63, 3.8) is 0 Å². The summed E-state index contributed by atoms with van der Waals surface area (Å²) >= 11 is 6.18. The summed E-state index contributed by atoms with van der Waals surface area (Å²) in [5, 5.41) is 2.16. The fraction of sp³-hybridized carbons (Fsp3) is 0.188. The Labute approximate surface area is 132 Å². The maximum atomic E-state index is 13.3. The Balaban J connectivity index is 1.83. The molecule has 1 aliphatic rings. The summed E-state index contributed by atoms with van der Waals surface area (Å²) in [5.74, 6) is 4.85. The first-order valence-corrected chi connectivity index (χ1v) is 7.19. The molecule has 2 N–H and O–H groups in total. The molecule has 0 saturated heterocycles. The molecule has 1 heterocycles. The average molecular weight is 322 g/mol. The van der Waals surface area contributed by atoms with E-state index >= 15 is 0 Å². The number of rotatable bonds is 3. The zero-order valence-corrected chi connectivity index (χ0v) is 12.4. The van der Waals surface area contributed by atoms with Gasteiger partial charge in [0.25, 0.3) is 0 Å². The van der Waals surface area contributed by atoms with E-state index in [1.807, 2.05) is 18.2 Å². The van der Waals surface area contributed by atoms with E-state index in [4.69, 9.17) is 17.4 Å². The third kappa shape index (κ3) is 2.96. The number of nitrogens with zero attached hydrogens (tertiary/aromatic N) is 2. The number of benzene rings is 2. The van der Waals surface area contributed by atoms with Gasteiger partial charge in [0.15, 0.2) is 11.6 Å². The van der Waals surface area contributed by atoms with Gasteiger partial charge in [-0.3, -0.25) is 10.0 Å². The second-order valence-electron chi connectivity index (χ2n) is 5.16. The average Bonchev–Trinajstić information content (AvgIpc) is 2.84. The van der Waals surface area contributed by atoms with Crippen LogP contribution in [0.1, 0.15) is 17.2 Å². The number of hydrogen-bond acceptors (Lipinski definition) is 3. The Morgan fingerprint density at radius 2 is 1.95 bits per heavy atom. The highest BCUT2D eigenvalue weighted by Gasteiger charge is 2.25. The first-order valence-electron chi connectivity index (χ1n) is 6.82. The standard InChI is InChI=1S/C16H14ClF2N3/c17-12-4-2-1-3-11(12)15-9-22(20)16(21-15)8-10-5-6-13(18)14(19)7-10/h1-7,15H,8-9,20H2. The van der Waals surface area contributed by atoms with Crippen molar-refractivity contribution < 1.29 is 8.78 Å². The van der Waals surface area contributed by atoms with Crippen LogP contribution in [0.2, 0.25) is 5.02 Å². The molecule has 2 aromatic carbocycles. The van der Waals surface area contributed by atoms with Gasteiger partial charge in [0.2, 0.25) is 0 Å². The summed E-state index contributed by atoms with van der Waals surface area (Å²) in [6.45, 7) is 0.503. The summed E-state index contributed by atoms with van der Waals surface area (Å²) in [5.41, 5.74) is 1.52. The minimum absolute atomic E-state index is 0.154. The molecule has 0 amide bonds. The summed E-state index contributed by atoms with van der Waals surface area (Å²) in [7, 11) is 0. The summed E-state index contributed by atoms with van der Waals surface area (Å²) in [4.78, 5) is 4.56. The molecule has 22 heavy (non-hydrogen) atoms. The topological polar surface area (TPSA) is 41.6 Å². The predicted molar refractivity (Wildman–Crippen MR) is 82.6 cm³/mol. The molecule has 6 heteroatoms. The summed E-state index contributed by atoms with van der Waals surface area (Å²) < 4.78 is 26.2. The molecule has 3 rings (SSSR count). The highest BCUT2D eigenvalue weighted by Crippen LogP contribution is 2.29. The Bertz CT molecular complexity index is 733. The highest BCUT2D eigenvalue weighted by molar-refractivity contribution is 6.31. The maximum absolute atomic E-state index is 13.3. The molecule has 0 aromatic heterocycles. The van der Waals surface area contributed by atoms with Crippen molar-refractivity contribution in [3.8, 4) is 0 Å². The molecule has 2 aromatic rings. The second kappa shape index (κ2) is 6.02. The lowest BCUT2D eigenvalue weighted by Gasteiger charge is -2.14. The molecule has 114 valence electrons. The molecule has 0 radical (unpaired) electrons. The Hall–Kier alpha value is -1.98. The SMILES string of the molecule is NN1CC(c2ccccc2Cl)N=C1Cc1ccc(F)c(F)c1. The molecule has 0 aliphatic carbocycles. The van der Waals surface area contributed by atoms with E-state index in [1.165, 1.54) is 11.1 Å². The van der Waals surface area contributed by atoms with Crippen molar-refractivity contribution in [2.75, 3.05) is 6.54 Å².